The zero-order valence-electron chi connectivity index (χ0n) is 11.3. The van der Waals surface area contributed by atoms with E-state index in [2.05, 4.69) is 5.32 Å². The Morgan fingerprint density at radius 2 is 2.21 bits per heavy atom. The van der Waals surface area contributed by atoms with Crippen LogP contribution in [0.4, 0.5) is 0 Å². The number of benzene rings is 1. The summed E-state index contributed by atoms with van der Waals surface area (Å²) in [4.78, 5) is 14.8. The van der Waals surface area contributed by atoms with Gasteiger partial charge in [0.2, 0.25) is 0 Å². The molecule has 1 atom stereocenters. The van der Waals surface area contributed by atoms with Crippen LogP contribution in [0.25, 0.3) is 0 Å². The second-order valence-electron chi connectivity index (χ2n) is 4.47. The van der Waals surface area contributed by atoms with Crippen LogP contribution in [-0.4, -0.2) is 55.5 Å². The summed E-state index contributed by atoms with van der Waals surface area (Å²) in [7, 11) is 3.73. The fourth-order valence-corrected chi connectivity index (χ4v) is 2.24. The van der Waals surface area contributed by atoms with Gasteiger partial charge in [0.15, 0.2) is 0 Å². The number of hydrogen-bond acceptors (Lipinski definition) is 4. The van der Waals surface area contributed by atoms with Crippen molar-refractivity contribution in [3.8, 4) is 0 Å². The first-order chi connectivity index (χ1) is 8.93. The molecule has 0 saturated carbocycles. The highest BCUT2D eigenvalue weighted by molar-refractivity contribution is 7.98. The Morgan fingerprint density at radius 3 is 2.79 bits per heavy atom. The van der Waals surface area contributed by atoms with E-state index in [0.29, 0.717) is 17.1 Å². The van der Waals surface area contributed by atoms with Crippen molar-refractivity contribution in [2.24, 2.45) is 0 Å². The standard InChI is InChI=1S/C13H19ClN2O2S/c1-16(2)8-9(17)7-15-13(18)11-6-10(19-3)4-5-12(11)14/h4-6,9,17H,7-8H2,1-3H3,(H,15,18). The normalized spacial score (nSPS) is 12.5. The van der Waals surface area contributed by atoms with Crippen molar-refractivity contribution >= 4 is 29.3 Å². The van der Waals surface area contributed by atoms with Crippen LogP contribution < -0.4 is 5.32 Å². The molecule has 6 heteroatoms. The van der Waals surface area contributed by atoms with Crippen LogP contribution in [-0.2, 0) is 0 Å². The number of carbonyl (C=O) groups excluding carboxylic acids is 1. The molecule has 0 aliphatic carbocycles. The fraction of sp³-hybridized carbons (Fsp3) is 0.462. The minimum Gasteiger partial charge on any atom is -0.390 e. The maximum Gasteiger partial charge on any atom is 0.252 e. The molecule has 19 heavy (non-hydrogen) atoms. The molecule has 1 unspecified atom stereocenters. The third kappa shape index (κ3) is 5.40. The predicted molar refractivity (Wildman–Crippen MR) is 80.1 cm³/mol. The summed E-state index contributed by atoms with van der Waals surface area (Å²) in [6, 6.07) is 5.32. The van der Waals surface area contributed by atoms with E-state index in [1.54, 1.807) is 23.9 Å². The third-order valence-corrected chi connectivity index (χ3v) is 3.55. The van der Waals surface area contributed by atoms with Gasteiger partial charge in [0, 0.05) is 18.0 Å². The number of nitrogens with one attached hydrogen (secondary N) is 1. The maximum atomic E-state index is 12.0. The van der Waals surface area contributed by atoms with Gasteiger partial charge >= 0.3 is 0 Å². The highest BCUT2D eigenvalue weighted by Gasteiger charge is 2.13. The Hall–Kier alpha value is -0.750. The van der Waals surface area contributed by atoms with Gasteiger partial charge in [-0.3, -0.25) is 4.79 Å². The molecule has 4 nitrogen and oxygen atoms in total. The first-order valence-corrected chi connectivity index (χ1v) is 7.49. The van der Waals surface area contributed by atoms with Crippen molar-refractivity contribution in [2.45, 2.75) is 11.0 Å². The van der Waals surface area contributed by atoms with Gasteiger partial charge in [-0.1, -0.05) is 11.6 Å². The molecule has 1 rings (SSSR count). The molecule has 0 aliphatic heterocycles. The van der Waals surface area contributed by atoms with Crippen molar-refractivity contribution in [3.05, 3.63) is 28.8 Å². The Labute approximate surface area is 123 Å². The van der Waals surface area contributed by atoms with Crippen molar-refractivity contribution in [2.75, 3.05) is 33.4 Å². The number of aliphatic hydroxyl groups excluding tert-OH is 1. The second-order valence-corrected chi connectivity index (χ2v) is 5.76. The Bertz CT molecular complexity index is 441. The second kappa shape index (κ2) is 7.75. The number of rotatable bonds is 6. The van der Waals surface area contributed by atoms with Gasteiger partial charge in [0.05, 0.1) is 16.7 Å². The van der Waals surface area contributed by atoms with E-state index in [1.807, 2.05) is 31.3 Å². The summed E-state index contributed by atoms with van der Waals surface area (Å²) in [5, 5.41) is 12.8. The maximum absolute atomic E-state index is 12.0. The highest BCUT2D eigenvalue weighted by Crippen LogP contribution is 2.22. The first kappa shape index (κ1) is 16.3. The van der Waals surface area contributed by atoms with E-state index in [1.165, 1.54) is 0 Å². The molecule has 1 aromatic rings. The molecule has 0 heterocycles. The lowest BCUT2D eigenvalue weighted by molar-refractivity contribution is 0.0892. The summed E-state index contributed by atoms with van der Waals surface area (Å²) < 4.78 is 0. The SMILES string of the molecule is CSc1ccc(Cl)c(C(=O)NCC(O)CN(C)C)c1. The molecule has 0 aromatic heterocycles. The largest absolute Gasteiger partial charge is 0.390 e. The number of carbonyl (C=O) groups is 1. The lowest BCUT2D eigenvalue weighted by Gasteiger charge is -2.16. The van der Waals surface area contributed by atoms with Gasteiger partial charge in [-0.25, -0.2) is 0 Å². The van der Waals surface area contributed by atoms with Crippen LogP contribution in [0.3, 0.4) is 0 Å². The zero-order valence-corrected chi connectivity index (χ0v) is 12.9. The summed E-state index contributed by atoms with van der Waals surface area (Å²) in [5.41, 5.74) is 0.436. The highest BCUT2D eigenvalue weighted by atomic mass is 35.5. The smallest absolute Gasteiger partial charge is 0.252 e. The molecule has 1 amide bonds. The Balaban J connectivity index is 2.63. The first-order valence-electron chi connectivity index (χ1n) is 5.88. The van der Waals surface area contributed by atoms with Crippen LogP contribution in [0, 0.1) is 0 Å². The Kier molecular flexibility index (Phi) is 6.65. The molecule has 0 spiro atoms. The summed E-state index contributed by atoms with van der Waals surface area (Å²) in [6.07, 6.45) is 1.34. The average molecular weight is 303 g/mol. The van der Waals surface area contributed by atoms with E-state index in [0.717, 1.165) is 4.90 Å². The summed E-state index contributed by atoms with van der Waals surface area (Å²) >= 11 is 7.55. The van der Waals surface area contributed by atoms with Gasteiger partial charge in [-0.05, 0) is 38.6 Å². The van der Waals surface area contributed by atoms with E-state index >= 15 is 0 Å². The van der Waals surface area contributed by atoms with Crippen LogP contribution in [0.1, 0.15) is 10.4 Å². The predicted octanol–water partition coefficient (Wildman–Crippen LogP) is 1.71. The van der Waals surface area contributed by atoms with Crippen LogP contribution in [0.5, 0.6) is 0 Å². The van der Waals surface area contributed by atoms with Crippen molar-refractivity contribution in [3.63, 3.8) is 0 Å². The van der Waals surface area contributed by atoms with Crippen molar-refractivity contribution in [1.29, 1.82) is 0 Å². The van der Waals surface area contributed by atoms with Gasteiger partial charge in [-0.15, -0.1) is 11.8 Å². The third-order valence-electron chi connectivity index (χ3n) is 2.49. The van der Waals surface area contributed by atoms with Gasteiger partial charge in [0.1, 0.15) is 0 Å². The topological polar surface area (TPSA) is 52.6 Å². The molecule has 0 radical (unpaired) electrons. The number of halogens is 1. The van der Waals surface area contributed by atoms with E-state index in [-0.39, 0.29) is 12.5 Å². The minimum atomic E-state index is -0.596. The summed E-state index contributed by atoms with van der Waals surface area (Å²) in [5.74, 6) is -0.265. The van der Waals surface area contributed by atoms with Gasteiger partial charge < -0.3 is 15.3 Å². The van der Waals surface area contributed by atoms with Crippen LogP contribution in [0.15, 0.2) is 23.1 Å². The monoisotopic (exact) mass is 302 g/mol. The van der Waals surface area contributed by atoms with Crippen molar-refractivity contribution < 1.29 is 9.90 Å². The molecule has 0 aliphatic rings. The number of nitrogens with zero attached hydrogens (tertiary/aromatic N) is 1. The quantitative estimate of drug-likeness (QED) is 0.786. The minimum absolute atomic E-state index is 0.205. The van der Waals surface area contributed by atoms with Crippen LogP contribution in [0.2, 0.25) is 5.02 Å². The van der Waals surface area contributed by atoms with Crippen molar-refractivity contribution in [1.82, 2.24) is 10.2 Å². The van der Waals surface area contributed by atoms with E-state index in [4.69, 9.17) is 11.6 Å². The zero-order chi connectivity index (χ0) is 14.4. The Morgan fingerprint density at radius 1 is 1.53 bits per heavy atom. The average Bonchev–Trinajstić information content (AvgIpc) is 2.35. The molecule has 0 saturated heterocycles. The van der Waals surface area contributed by atoms with Gasteiger partial charge in [0.25, 0.3) is 5.91 Å². The number of amides is 1. The lowest BCUT2D eigenvalue weighted by atomic mass is 10.2. The molecule has 2 N–H and O–H groups in total. The van der Waals surface area contributed by atoms with Crippen LogP contribution >= 0.6 is 23.4 Å². The fourth-order valence-electron chi connectivity index (χ4n) is 1.60. The lowest BCUT2D eigenvalue weighted by Crippen LogP contribution is -2.37. The number of aliphatic hydroxyl groups is 1. The number of thioether (sulfide) groups is 1. The molecule has 0 bridgehead atoms. The molecule has 106 valence electrons. The number of likely N-dealkylation sites (N-methyl/N-ethyl adjacent to an activating group) is 1. The van der Waals surface area contributed by atoms with E-state index < -0.39 is 6.10 Å². The summed E-state index contributed by atoms with van der Waals surface area (Å²) in [6.45, 7) is 0.704. The molecular weight excluding hydrogens is 284 g/mol. The molecule has 0 fully saturated rings. The molecule has 1 aromatic carbocycles. The van der Waals surface area contributed by atoms with Gasteiger partial charge in [-0.2, -0.15) is 0 Å². The van der Waals surface area contributed by atoms with E-state index in [9.17, 15) is 9.90 Å². The number of hydrogen-bond donors (Lipinski definition) is 2. The molecular formula is C13H19ClN2O2S.